The molecule has 120 valence electrons. The third-order valence-electron chi connectivity index (χ3n) is 3.25. The van der Waals surface area contributed by atoms with Crippen molar-refractivity contribution in [3.63, 3.8) is 0 Å². The lowest BCUT2D eigenvalue weighted by Gasteiger charge is -2.14. The van der Waals surface area contributed by atoms with Crippen molar-refractivity contribution in [3.05, 3.63) is 18.2 Å². The molecule has 0 radical (unpaired) electrons. The van der Waals surface area contributed by atoms with Crippen molar-refractivity contribution in [2.24, 2.45) is 0 Å². The lowest BCUT2D eigenvalue weighted by atomic mass is 10.1. The average molecular weight is 301 g/mol. The first-order valence-electron chi connectivity index (χ1n) is 7.54. The Hall–Kier alpha value is -1.52. The van der Waals surface area contributed by atoms with E-state index in [4.69, 9.17) is 4.74 Å². The lowest BCUT2D eigenvalue weighted by Crippen LogP contribution is -2.07. The van der Waals surface area contributed by atoms with Gasteiger partial charge in [0.05, 0.1) is 12.8 Å². The normalized spacial score (nSPS) is 10.7. The Morgan fingerprint density at radius 1 is 1.10 bits per heavy atom. The van der Waals surface area contributed by atoms with Crippen LogP contribution in [-0.2, 0) is 0 Å². The van der Waals surface area contributed by atoms with Crippen molar-refractivity contribution < 1.29 is 18.3 Å². The molecule has 0 unspecified atom stereocenters. The number of hydrogen-bond acceptors (Lipinski definition) is 3. The van der Waals surface area contributed by atoms with Gasteiger partial charge in [-0.15, -0.1) is 0 Å². The third kappa shape index (κ3) is 7.16. The summed E-state index contributed by atoms with van der Waals surface area (Å²) in [7, 11) is 1.54. The van der Waals surface area contributed by atoms with Crippen LogP contribution in [0.2, 0.25) is 0 Å². The summed E-state index contributed by atoms with van der Waals surface area (Å²) in [6.45, 7) is 0.0984. The van der Waals surface area contributed by atoms with Gasteiger partial charge in [-0.05, 0) is 18.6 Å². The maximum absolute atomic E-state index is 12.4. The molecule has 0 aliphatic rings. The zero-order chi connectivity index (χ0) is 15.5. The molecule has 0 saturated heterocycles. The van der Waals surface area contributed by atoms with Gasteiger partial charge >= 0.3 is 6.61 Å². The van der Waals surface area contributed by atoms with Gasteiger partial charge < -0.3 is 14.8 Å². The molecular weight excluding hydrogens is 276 g/mol. The largest absolute Gasteiger partial charge is 0.497 e. The Bertz CT molecular complexity index is 400. The zero-order valence-corrected chi connectivity index (χ0v) is 12.8. The van der Waals surface area contributed by atoms with E-state index < -0.39 is 6.61 Å². The van der Waals surface area contributed by atoms with Crippen LogP contribution in [0.25, 0.3) is 0 Å². The highest BCUT2D eigenvalue weighted by Gasteiger charge is 2.10. The number of alkyl halides is 2. The summed E-state index contributed by atoms with van der Waals surface area (Å²) in [4.78, 5) is 0. The molecule has 0 fully saturated rings. The maximum Gasteiger partial charge on any atom is 0.387 e. The van der Waals surface area contributed by atoms with E-state index in [1.165, 1.54) is 31.7 Å². The number of anilines is 1. The molecule has 0 atom stereocenters. The Balaban J connectivity index is 2.43. The van der Waals surface area contributed by atoms with Crippen molar-refractivity contribution >= 4 is 5.69 Å². The maximum atomic E-state index is 12.4. The highest BCUT2D eigenvalue weighted by Crippen LogP contribution is 2.30. The van der Waals surface area contributed by atoms with Gasteiger partial charge in [-0.1, -0.05) is 39.0 Å². The minimum absolute atomic E-state index is 0.150. The first-order chi connectivity index (χ1) is 10.2. The van der Waals surface area contributed by atoms with E-state index >= 15 is 0 Å². The van der Waals surface area contributed by atoms with Crippen LogP contribution in [0.3, 0.4) is 0 Å². The number of ether oxygens (including phenoxy) is 2. The molecule has 3 nitrogen and oxygen atoms in total. The van der Waals surface area contributed by atoms with Crippen molar-refractivity contribution in [1.82, 2.24) is 0 Å². The molecule has 0 heterocycles. The van der Waals surface area contributed by atoms with Gasteiger partial charge in [-0.2, -0.15) is 8.78 Å². The highest BCUT2D eigenvalue weighted by atomic mass is 19.3. The van der Waals surface area contributed by atoms with E-state index in [0.29, 0.717) is 11.4 Å². The number of unbranched alkanes of at least 4 members (excludes halogenated alkanes) is 5. The second kappa shape index (κ2) is 10.2. The van der Waals surface area contributed by atoms with Crippen molar-refractivity contribution in [2.45, 2.75) is 52.1 Å². The average Bonchev–Trinajstić information content (AvgIpc) is 2.47. The van der Waals surface area contributed by atoms with Gasteiger partial charge in [0, 0.05) is 12.6 Å². The number of methoxy groups -OCH3 is 1. The molecule has 0 aliphatic carbocycles. The van der Waals surface area contributed by atoms with Crippen LogP contribution in [-0.4, -0.2) is 20.3 Å². The Kier molecular flexibility index (Phi) is 8.55. The Morgan fingerprint density at radius 3 is 2.48 bits per heavy atom. The van der Waals surface area contributed by atoms with E-state index in [9.17, 15) is 8.78 Å². The summed E-state index contributed by atoms with van der Waals surface area (Å²) in [5.41, 5.74) is 0.545. The van der Waals surface area contributed by atoms with E-state index in [1.54, 1.807) is 19.2 Å². The minimum atomic E-state index is -2.83. The third-order valence-corrected chi connectivity index (χ3v) is 3.25. The van der Waals surface area contributed by atoms with Gasteiger partial charge in [-0.25, -0.2) is 0 Å². The summed E-state index contributed by atoms with van der Waals surface area (Å²) in [5.74, 6) is 0.763. The summed E-state index contributed by atoms with van der Waals surface area (Å²) < 4.78 is 34.3. The number of halogens is 2. The van der Waals surface area contributed by atoms with Crippen LogP contribution < -0.4 is 14.8 Å². The standard InChI is InChI=1S/C16H25F2NO2/c1-3-4-5-6-7-8-11-19-14-12-13(20-2)9-10-15(14)21-16(17)18/h9-10,12,16,19H,3-8,11H2,1-2H3. The van der Waals surface area contributed by atoms with Gasteiger partial charge in [0.15, 0.2) is 0 Å². The summed E-state index contributed by atoms with van der Waals surface area (Å²) >= 11 is 0. The van der Waals surface area contributed by atoms with Crippen LogP contribution in [0.4, 0.5) is 14.5 Å². The molecule has 1 aromatic rings. The van der Waals surface area contributed by atoms with Crippen LogP contribution >= 0.6 is 0 Å². The smallest absolute Gasteiger partial charge is 0.387 e. The van der Waals surface area contributed by atoms with Gasteiger partial charge in [-0.3, -0.25) is 0 Å². The number of benzene rings is 1. The Labute approximate surface area is 125 Å². The zero-order valence-electron chi connectivity index (χ0n) is 12.8. The van der Waals surface area contributed by atoms with Crippen LogP contribution in [0.1, 0.15) is 45.4 Å². The van der Waals surface area contributed by atoms with Crippen molar-refractivity contribution in [1.29, 1.82) is 0 Å². The quantitative estimate of drug-likeness (QED) is 0.579. The predicted octanol–water partition coefficient (Wildman–Crippen LogP) is 5.07. The van der Waals surface area contributed by atoms with Gasteiger partial charge in [0.25, 0.3) is 0 Å². The number of rotatable bonds is 11. The van der Waals surface area contributed by atoms with Crippen LogP contribution in [0, 0.1) is 0 Å². The van der Waals surface area contributed by atoms with Crippen LogP contribution in [0.15, 0.2) is 18.2 Å². The minimum Gasteiger partial charge on any atom is -0.497 e. The second-order valence-corrected chi connectivity index (χ2v) is 4.94. The van der Waals surface area contributed by atoms with Crippen molar-refractivity contribution in [2.75, 3.05) is 19.0 Å². The molecular formula is C16H25F2NO2. The number of hydrogen-bond donors (Lipinski definition) is 1. The molecule has 0 amide bonds. The monoisotopic (exact) mass is 301 g/mol. The SMILES string of the molecule is CCCCCCCCNc1cc(OC)ccc1OC(F)F. The molecule has 0 spiro atoms. The Morgan fingerprint density at radius 2 is 1.81 bits per heavy atom. The van der Waals surface area contributed by atoms with E-state index in [-0.39, 0.29) is 5.75 Å². The topological polar surface area (TPSA) is 30.5 Å². The summed E-state index contributed by atoms with van der Waals surface area (Å²) in [6, 6.07) is 4.77. The molecule has 21 heavy (non-hydrogen) atoms. The van der Waals surface area contributed by atoms with E-state index in [1.807, 2.05) is 0 Å². The molecule has 0 aromatic heterocycles. The molecule has 1 N–H and O–H groups in total. The fourth-order valence-corrected chi connectivity index (χ4v) is 2.10. The molecule has 0 aliphatic heterocycles. The molecule has 5 heteroatoms. The number of nitrogens with one attached hydrogen (secondary N) is 1. The first-order valence-corrected chi connectivity index (χ1v) is 7.54. The predicted molar refractivity (Wildman–Crippen MR) is 81.5 cm³/mol. The lowest BCUT2D eigenvalue weighted by molar-refractivity contribution is -0.0493. The molecule has 1 aromatic carbocycles. The first kappa shape index (κ1) is 17.5. The fourth-order valence-electron chi connectivity index (χ4n) is 2.10. The molecule has 0 bridgehead atoms. The van der Waals surface area contributed by atoms with E-state index in [2.05, 4.69) is 17.0 Å². The second-order valence-electron chi connectivity index (χ2n) is 4.94. The molecule has 0 saturated carbocycles. The van der Waals surface area contributed by atoms with E-state index in [0.717, 1.165) is 19.4 Å². The summed E-state index contributed by atoms with van der Waals surface area (Å²) in [5, 5.41) is 3.15. The summed E-state index contributed by atoms with van der Waals surface area (Å²) in [6.07, 6.45) is 7.13. The molecule has 1 rings (SSSR count). The van der Waals surface area contributed by atoms with Crippen molar-refractivity contribution in [3.8, 4) is 11.5 Å². The van der Waals surface area contributed by atoms with Crippen LogP contribution in [0.5, 0.6) is 11.5 Å². The highest BCUT2D eigenvalue weighted by molar-refractivity contribution is 5.59. The van der Waals surface area contributed by atoms with Gasteiger partial charge in [0.1, 0.15) is 11.5 Å². The van der Waals surface area contributed by atoms with Gasteiger partial charge in [0.2, 0.25) is 0 Å². The fraction of sp³-hybridized carbons (Fsp3) is 0.625.